The lowest BCUT2D eigenvalue weighted by Crippen LogP contribution is -2.42. The molecule has 0 saturated carbocycles. The molecule has 0 aliphatic carbocycles. The number of nitrogens with zero attached hydrogens (tertiary/aromatic N) is 5. The van der Waals surface area contributed by atoms with Crippen LogP contribution in [0.1, 0.15) is 28.8 Å². The summed E-state index contributed by atoms with van der Waals surface area (Å²) in [5.74, 6) is 0.396. The monoisotopic (exact) mass is 561 g/mol. The Bertz CT molecular complexity index is 1790. The van der Waals surface area contributed by atoms with E-state index in [9.17, 15) is 14.3 Å². The minimum Gasteiger partial charge on any atom is -0.399 e. The molecule has 3 heterocycles. The highest BCUT2D eigenvalue weighted by Crippen LogP contribution is 2.33. The quantitative estimate of drug-likeness (QED) is 0.284. The van der Waals surface area contributed by atoms with Crippen LogP contribution in [0, 0.1) is 11.3 Å². The van der Waals surface area contributed by atoms with Crippen molar-refractivity contribution in [2.45, 2.75) is 23.8 Å². The summed E-state index contributed by atoms with van der Waals surface area (Å²) in [6.07, 6.45) is 4.77. The van der Waals surface area contributed by atoms with Crippen molar-refractivity contribution in [1.82, 2.24) is 18.8 Å². The molecule has 0 radical (unpaired) electrons. The fourth-order valence-electron chi connectivity index (χ4n) is 5.08. The fourth-order valence-corrected chi connectivity index (χ4v) is 6.24. The number of carbonyl (C=O) groups is 1. The van der Waals surface area contributed by atoms with E-state index in [1.807, 2.05) is 59.5 Å². The predicted octanol–water partition coefficient (Wildman–Crippen LogP) is 4.84. The Kier molecular flexibility index (Phi) is 7.18. The Balaban J connectivity index is 1.24. The third kappa shape index (κ3) is 5.27. The Hall–Kier alpha value is -5.01. The van der Waals surface area contributed by atoms with Gasteiger partial charge in [0.15, 0.2) is 11.0 Å². The third-order valence-corrected chi connectivity index (χ3v) is 8.57. The summed E-state index contributed by atoms with van der Waals surface area (Å²) >= 11 is 0. The van der Waals surface area contributed by atoms with Gasteiger partial charge in [0.2, 0.25) is 5.95 Å². The molecule has 5 aromatic rings. The normalized spacial score (nSPS) is 14.5. The molecule has 0 bridgehead atoms. The third-order valence-electron chi connectivity index (χ3n) is 7.24. The molecular formula is C31H27N7O2S. The average Bonchev–Trinajstić information content (AvgIpc) is 3.41. The van der Waals surface area contributed by atoms with Gasteiger partial charge in [-0.2, -0.15) is 5.26 Å². The maximum Gasteiger partial charge on any atom is 0.253 e. The first kappa shape index (κ1) is 26.2. The van der Waals surface area contributed by atoms with Crippen molar-refractivity contribution in [3.63, 3.8) is 0 Å². The van der Waals surface area contributed by atoms with Gasteiger partial charge in [-0.05, 0) is 55.3 Å². The van der Waals surface area contributed by atoms with Crippen LogP contribution >= 0.6 is 0 Å². The lowest BCUT2D eigenvalue weighted by Gasteiger charge is -2.32. The van der Waals surface area contributed by atoms with E-state index in [1.54, 1.807) is 34.4 Å². The summed E-state index contributed by atoms with van der Waals surface area (Å²) in [5.41, 5.74) is 9.28. The van der Waals surface area contributed by atoms with Gasteiger partial charge in [-0.25, -0.2) is 14.2 Å². The van der Waals surface area contributed by atoms with Gasteiger partial charge in [-0.15, -0.1) is 0 Å². The van der Waals surface area contributed by atoms with Crippen LogP contribution in [0.25, 0.3) is 22.2 Å². The van der Waals surface area contributed by atoms with Crippen LogP contribution in [0.3, 0.4) is 0 Å². The zero-order chi connectivity index (χ0) is 28.3. The van der Waals surface area contributed by atoms with Crippen molar-refractivity contribution in [3.05, 3.63) is 102 Å². The zero-order valence-electron chi connectivity index (χ0n) is 22.1. The number of hydrogen-bond acceptors (Lipinski definition) is 7. The predicted molar refractivity (Wildman–Crippen MR) is 159 cm³/mol. The highest BCUT2D eigenvalue weighted by Gasteiger charge is 2.25. The molecule has 2 aromatic heterocycles. The smallest absolute Gasteiger partial charge is 0.253 e. The molecule has 1 aliphatic heterocycles. The summed E-state index contributed by atoms with van der Waals surface area (Å²) in [7, 11) is -1.48. The van der Waals surface area contributed by atoms with Crippen LogP contribution in [-0.4, -0.2) is 48.1 Å². The molecule has 1 amide bonds. The number of amides is 1. The van der Waals surface area contributed by atoms with Gasteiger partial charge in [0.05, 0.1) is 27.9 Å². The Morgan fingerprint density at radius 1 is 1.00 bits per heavy atom. The van der Waals surface area contributed by atoms with Gasteiger partial charge in [0, 0.05) is 47.5 Å². The molecule has 9 nitrogen and oxygen atoms in total. The van der Waals surface area contributed by atoms with Crippen molar-refractivity contribution in [3.8, 4) is 17.3 Å². The van der Waals surface area contributed by atoms with E-state index in [-0.39, 0.29) is 11.9 Å². The van der Waals surface area contributed by atoms with E-state index in [2.05, 4.69) is 16.4 Å². The number of nitriles is 1. The molecule has 10 heteroatoms. The van der Waals surface area contributed by atoms with Crippen molar-refractivity contribution < 1.29 is 9.00 Å². The number of aromatic nitrogens is 3. The number of fused-ring (bicyclic) bond motifs is 1. The first-order chi connectivity index (χ1) is 20.0. The SMILES string of the molecule is N#Cc1cnc(NC2CCN(C(=O)c3ccc(N)cc3)CC2)nc1-c1cn(S(=O)c2ccccc2)c2ccccc12. The molecule has 3 aromatic carbocycles. The van der Waals surface area contributed by atoms with Gasteiger partial charge in [-0.3, -0.25) is 8.77 Å². The van der Waals surface area contributed by atoms with E-state index in [1.165, 1.54) is 6.20 Å². The number of benzene rings is 3. The highest BCUT2D eigenvalue weighted by molar-refractivity contribution is 7.83. The van der Waals surface area contributed by atoms with Crippen LogP contribution in [0.5, 0.6) is 0 Å². The fraction of sp³-hybridized carbons (Fsp3) is 0.161. The number of piperidine rings is 1. The molecule has 0 spiro atoms. The molecule has 1 aliphatic rings. The zero-order valence-corrected chi connectivity index (χ0v) is 22.9. The molecule has 6 rings (SSSR count). The second kappa shape index (κ2) is 11.2. The number of likely N-dealkylation sites (tertiary alicyclic amines) is 1. The number of para-hydroxylation sites is 1. The van der Waals surface area contributed by atoms with Gasteiger partial charge >= 0.3 is 0 Å². The van der Waals surface area contributed by atoms with E-state index in [0.717, 1.165) is 23.7 Å². The summed E-state index contributed by atoms with van der Waals surface area (Å²) in [4.78, 5) is 24.6. The van der Waals surface area contributed by atoms with Crippen LogP contribution in [0.4, 0.5) is 11.6 Å². The molecule has 1 fully saturated rings. The molecule has 1 saturated heterocycles. The van der Waals surface area contributed by atoms with Crippen molar-refractivity contribution in [2.24, 2.45) is 0 Å². The van der Waals surface area contributed by atoms with Gasteiger partial charge in [-0.1, -0.05) is 36.4 Å². The maximum absolute atomic E-state index is 13.5. The summed E-state index contributed by atoms with van der Waals surface area (Å²) < 4.78 is 15.2. The molecule has 3 N–H and O–H groups in total. The number of anilines is 2. The van der Waals surface area contributed by atoms with Crippen LogP contribution in [0.15, 0.2) is 96.2 Å². The van der Waals surface area contributed by atoms with Gasteiger partial charge < -0.3 is 16.0 Å². The lowest BCUT2D eigenvalue weighted by molar-refractivity contribution is 0.0718. The number of hydrogen-bond donors (Lipinski definition) is 2. The molecule has 41 heavy (non-hydrogen) atoms. The Morgan fingerprint density at radius 3 is 2.44 bits per heavy atom. The van der Waals surface area contributed by atoms with E-state index >= 15 is 0 Å². The summed E-state index contributed by atoms with van der Waals surface area (Å²) in [6, 6.07) is 26.1. The minimum absolute atomic E-state index is 0.00959. The average molecular weight is 562 g/mol. The Labute approximate surface area is 239 Å². The summed E-state index contributed by atoms with van der Waals surface area (Å²) in [5, 5.41) is 14.1. The molecule has 204 valence electrons. The number of rotatable bonds is 6. The van der Waals surface area contributed by atoms with Crippen LogP contribution < -0.4 is 11.1 Å². The first-order valence-corrected chi connectivity index (χ1v) is 14.4. The molecular weight excluding hydrogens is 534 g/mol. The number of nitrogens with one attached hydrogen (secondary N) is 1. The number of carbonyl (C=O) groups excluding carboxylic acids is 1. The Morgan fingerprint density at radius 2 is 1.71 bits per heavy atom. The van der Waals surface area contributed by atoms with Crippen molar-refractivity contribution >= 4 is 39.4 Å². The minimum atomic E-state index is -1.48. The maximum atomic E-state index is 13.5. The van der Waals surface area contributed by atoms with Gasteiger partial charge in [0.25, 0.3) is 5.91 Å². The second-order valence-electron chi connectivity index (χ2n) is 9.85. The van der Waals surface area contributed by atoms with Crippen molar-refractivity contribution in [1.29, 1.82) is 5.26 Å². The number of nitrogen functional groups attached to an aromatic ring is 1. The van der Waals surface area contributed by atoms with E-state index in [0.29, 0.717) is 52.0 Å². The van der Waals surface area contributed by atoms with Crippen LogP contribution in [-0.2, 0) is 11.0 Å². The summed E-state index contributed by atoms with van der Waals surface area (Å²) in [6.45, 7) is 1.20. The molecule has 1 unspecified atom stereocenters. The second-order valence-corrected chi connectivity index (χ2v) is 11.2. The highest BCUT2D eigenvalue weighted by atomic mass is 32.2. The van der Waals surface area contributed by atoms with Crippen LogP contribution in [0.2, 0.25) is 0 Å². The first-order valence-electron chi connectivity index (χ1n) is 13.3. The largest absolute Gasteiger partial charge is 0.399 e. The molecule has 1 atom stereocenters. The topological polar surface area (TPSA) is 130 Å². The number of nitrogens with two attached hydrogens (primary N) is 1. The standard InChI is InChI=1S/C31H27N7O2S/c32-18-22-19-34-31(35-24-14-16-37(17-15-24)30(39)21-10-12-23(33)13-11-21)36-29(22)27-20-38(28-9-5-4-8-26(27)28)41(40)25-6-2-1-3-7-25/h1-13,19-20,24H,14-17,33H2,(H,34,35,36). The van der Waals surface area contributed by atoms with Gasteiger partial charge in [0.1, 0.15) is 6.07 Å². The van der Waals surface area contributed by atoms with E-state index < -0.39 is 11.0 Å². The lowest BCUT2D eigenvalue weighted by atomic mass is 10.0. The van der Waals surface area contributed by atoms with Crippen molar-refractivity contribution in [2.75, 3.05) is 24.1 Å². The van der Waals surface area contributed by atoms with E-state index in [4.69, 9.17) is 10.7 Å².